The van der Waals surface area contributed by atoms with Crippen LogP contribution in [0.2, 0.25) is 0 Å². The van der Waals surface area contributed by atoms with Gasteiger partial charge in [0.05, 0.1) is 12.4 Å². The maximum atomic E-state index is 6.04. The van der Waals surface area contributed by atoms with Gasteiger partial charge in [-0.05, 0) is 32.6 Å². The number of aromatic nitrogens is 4. The van der Waals surface area contributed by atoms with Gasteiger partial charge in [-0.15, -0.1) is 0 Å². The topological polar surface area (TPSA) is 101 Å². The molecule has 0 spiro atoms. The molecule has 2 saturated heterocycles. The summed E-state index contributed by atoms with van der Waals surface area (Å²) in [6, 6.07) is 0.322. The van der Waals surface area contributed by atoms with E-state index in [2.05, 4.69) is 15.0 Å². The number of imidazole rings is 1. The van der Waals surface area contributed by atoms with Gasteiger partial charge in [-0.1, -0.05) is 0 Å². The molecule has 2 N–H and O–H groups in total. The van der Waals surface area contributed by atoms with Crippen molar-refractivity contribution >= 4 is 17.0 Å². The quantitative estimate of drug-likeness (QED) is 0.854. The molecule has 1 saturated carbocycles. The van der Waals surface area contributed by atoms with E-state index in [0.717, 1.165) is 12.8 Å². The number of rotatable bonds is 3. The maximum absolute atomic E-state index is 6.04. The van der Waals surface area contributed by atoms with Gasteiger partial charge in [0, 0.05) is 0 Å². The lowest BCUT2D eigenvalue weighted by molar-refractivity contribution is -0.0569. The Morgan fingerprint density at radius 2 is 2.04 bits per heavy atom. The molecule has 2 aliphatic heterocycles. The fourth-order valence-electron chi connectivity index (χ4n) is 3.65. The molecule has 0 bridgehead atoms. The van der Waals surface area contributed by atoms with Crippen LogP contribution in [0.3, 0.4) is 0 Å². The molecule has 0 amide bonds. The highest BCUT2D eigenvalue weighted by molar-refractivity contribution is 5.82. The van der Waals surface area contributed by atoms with Gasteiger partial charge in [-0.3, -0.25) is 4.57 Å². The first-order valence-corrected chi connectivity index (χ1v) is 8.18. The summed E-state index contributed by atoms with van der Waals surface area (Å²) in [5.41, 5.74) is 7.25. The van der Waals surface area contributed by atoms with Crippen molar-refractivity contribution in [3.8, 4) is 6.01 Å². The van der Waals surface area contributed by atoms with Crippen LogP contribution in [-0.2, 0) is 9.47 Å². The van der Waals surface area contributed by atoms with E-state index in [-0.39, 0.29) is 30.6 Å². The molecule has 2 aromatic rings. The molecule has 0 aromatic carbocycles. The average molecular weight is 317 g/mol. The van der Waals surface area contributed by atoms with E-state index in [1.807, 2.05) is 11.5 Å². The van der Waals surface area contributed by atoms with Crippen molar-refractivity contribution in [2.45, 2.75) is 63.3 Å². The molecular formula is C15H19N5O3. The fourth-order valence-corrected chi connectivity index (χ4v) is 3.65. The van der Waals surface area contributed by atoms with Crippen molar-refractivity contribution in [1.82, 2.24) is 19.5 Å². The van der Waals surface area contributed by atoms with Crippen LogP contribution in [0.4, 0.5) is 5.82 Å². The average Bonchev–Trinajstić information content (AvgIpc) is 2.83. The zero-order valence-corrected chi connectivity index (χ0v) is 12.9. The number of nitrogens with two attached hydrogens (primary N) is 1. The zero-order chi connectivity index (χ0) is 15.6. The number of nitrogens with zero attached hydrogens (tertiary/aromatic N) is 4. The van der Waals surface area contributed by atoms with Gasteiger partial charge in [0.15, 0.2) is 23.2 Å². The predicted molar refractivity (Wildman–Crippen MR) is 80.9 cm³/mol. The van der Waals surface area contributed by atoms with Crippen molar-refractivity contribution in [3.63, 3.8) is 0 Å². The lowest BCUT2D eigenvalue weighted by atomic mass is 10.2. The summed E-state index contributed by atoms with van der Waals surface area (Å²) in [5, 5.41) is 0. The molecular weight excluding hydrogens is 298 g/mol. The van der Waals surface area contributed by atoms with Gasteiger partial charge >= 0.3 is 6.01 Å². The summed E-state index contributed by atoms with van der Waals surface area (Å²) >= 11 is 0. The largest absolute Gasteiger partial charge is 0.460 e. The number of hydrogen-bond acceptors (Lipinski definition) is 7. The van der Waals surface area contributed by atoms with Gasteiger partial charge in [0.2, 0.25) is 0 Å². The molecule has 4 atom stereocenters. The van der Waals surface area contributed by atoms with Crippen LogP contribution >= 0.6 is 0 Å². The van der Waals surface area contributed by atoms with Gasteiger partial charge in [-0.2, -0.15) is 9.97 Å². The van der Waals surface area contributed by atoms with Gasteiger partial charge < -0.3 is 19.9 Å². The van der Waals surface area contributed by atoms with Crippen molar-refractivity contribution < 1.29 is 14.2 Å². The Labute approximate surface area is 133 Å². The SMILES string of the molecule is C[C@H]1O[C@@H](n2cnc3c(N)nc(OC4CCCC4)nc32)[C@@H]2O[C@@H]21. The van der Waals surface area contributed by atoms with Crippen LogP contribution in [0.15, 0.2) is 6.33 Å². The first-order chi connectivity index (χ1) is 11.2. The molecule has 2 aromatic heterocycles. The third-order valence-corrected chi connectivity index (χ3v) is 4.94. The van der Waals surface area contributed by atoms with E-state index in [1.165, 1.54) is 12.8 Å². The molecule has 5 rings (SSSR count). The highest BCUT2D eigenvalue weighted by Gasteiger charge is 2.57. The Morgan fingerprint density at radius 1 is 1.22 bits per heavy atom. The van der Waals surface area contributed by atoms with Crippen LogP contribution in [0.5, 0.6) is 6.01 Å². The van der Waals surface area contributed by atoms with E-state index in [0.29, 0.717) is 23.0 Å². The third kappa shape index (κ3) is 2.08. The highest BCUT2D eigenvalue weighted by atomic mass is 16.7. The Bertz CT molecular complexity index is 757. The first kappa shape index (κ1) is 13.5. The van der Waals surface area contributed by atoms with Gasteiger partial charge in [-0.25, -0.2) is 4.98 Å². The number of anilines is 1. The summed E-state index contributed by atoms with van der Waals surface area (Å²) < 4.78 is 19.4. The second kappa shape index (κ2) is 4.78. The van der Waals surface area contributed by atoms with Crippen molar-refractivity contribution in [2.24, 2.45) is 0 Å². The summed E-state index contributed by atoms with van der Waals surface area (Å²) in [5.74, 6) is 0.334. The van der Waals surface area contributed by atoms with E-state index in [4.69, 9.17) is 19.9 Å². The van der Waals surface area contributed by atoms with Crippen LogP contribution in [-0.4, -0.2) is 43.9 Å². The summed E-state index contributed by atoms with van der Waals surface area (Å²) in [6.45, 7) is 2.02. The van der Waals surface area contributed by atoms with Crippen molar-refractivity contribution in [2.75, 3.05) is 5.73 Å². The first-order valence-electron chi connectivity index (χ1n) is 8.18. The molecule has 23 heavy (non-hydrogen) atoms. The molecule has 3 aliphatic rings. The predicted octanol–water partition coefficient (Wildman–Crippen LogP) is 1.41. The lowest BCUT2D eigenvalue weighted by Gasteiger charge is -2.17. The standard InChI is InChI=1S/C15H19N5O3/c1-7-10-11(23-10)14(21-7)20-6-17-9-12(16)18-15(19-13(9)20)22-8-4-2-3-5-8/h6-8,10-11,14H,2-5H2,1H3,(H2,16,18,19)/t7-,10-,11-,14-/m1/s1. The van der Waals surface area contributed by atoms with Gasteiger partial charge in [0.1, 0.15) is 18.3 Å². The monoisotopic (exact) mass is 317 g/mol. The number of fused-ring (bicyclic) bond motifs is 2. The lowest BCUT2D eigenvalue weighted by Crippen LogP contribution is -2.17. The van der Waals surface area contributed by atoms with E-state index < -0.39 is 0 Å². The Balaban J connectivity index is 1.52. The molecule has 3 fully saturated rings. The van der Waals surface area contributed by atoms with E-state index in [9.17, 15) is 0 Å². The Morgan fingerprint density at radius 3 is 2.74 bits per heavy atom. The highest BCUT2D eigenvalue weighted by Crippen LogP contribution is 2.45. The second-order valence-corrected chi connectivity index (χ2v) is 6.54. The minimum Gasteiger partial charge on any atom is -0.460 e. The number of hydrogen-bond donors (Lipinski definition) is 1. The van der Waals surface area contributed by atoms with E-state index in [1.54, 1.807) is 6.33 Å². The van der Waals surface area contributed by atoms with Gasteiger partial charge in [0.25, 0.3) is 0 Å². The van der Waals surface area contributed by atoms with Crippen molar-refractivity contribution in [3.05, 3.63) is 6.33 Å². The molecule has 4 heterocycles. The smallest absolute Gasteiger partial charge is 0.320 e. The summed E-state index contributed by atoms with van der Waals surface area (Å²) in [7, 11) is 0. The summed E-state index contributed by atoms with van der Waals surface area (Å²) in [4.78, 5) is 13.1. The maximum Gasteiger partial charge on any atom is 0.320 e. The van der Waals surface area contributed by atoms with Crippen LogP contribution in [0.25, 0.3) is 11.2 Å². The molecule has 0 radical (unpaired) electrons. The fraction of sp³-hybridized carbons (Fsp3) is 0.667. The molecule has 1 aliphatic carbocycles. The molecule has 0 unspecified atom stereocenters. The van der Waals surface area contributed by atoms with Crippen molar-refractivity contribution in [1.29, 1.82) is 0 Å². The minimum atomic E-state index is -0.214. The van der Waals surface area contributed by atoms with Crippen LogP contribution in [0.1, 0.15) is 38.8 Å². The zero-order valence-electron chi connectivity index (χ0n) is 12.9. The molecule has 8 nitrogen and oxygen atoms in total. The Kier molecular flexibility index (Phi) is 2.81. The van der Waals surface area contributed by atoms with E-state index >= 15 is 0 Å². The van der Waals surface area contributed by atoms with Crippen LogP contribution in [0, 0.1) is 0 Å². The third-order valence-electron chi connectivity index (χ3n) is 4.94. The Hall–Kier alpha value is -1.93. The number of nitrogen functional groups attached to an aromatic ring is 1. The number of epoxide rings is 1. The normalized spacial score (nSPS) is 33.3. The molecule has 122 valence electrons. The second-order valence-electron chi connectivity index (χ2n) is 6.54. The number of ether oxygens (including phenoxy) is 3. The van der Waals surface area contributed by atoms with Crippen LogP contribution < -0.4 is 10.5 Å². The summed E-state index contributed by atoms with van der Waals surface area (Å²) in [6.07, 6.45) is 6.44. The molecule has 8 heteroatoms. The minimum absolute atomic E-state index is 0.0674.